The van der Waals surface area contributed by atoms with Crippen LogP contribution in [0.5, 0.6) is 5.75 Å². The fourth-order valence-corrected chi connectivity index (χ4v) is 2.24. The highest BCUT2D eigenvalue weighted by Crippen LogP contribution is 2.23. The molecule has 0 saturated carbocycles. The first-order valence-corrected chi connectivity index (χ1v) is 6.76. The van der Waals surface area contributed by atoms with Gasteiger partial charge in [-0.25, -0.2) is 4.39 Å². The van der Waals surface area contributed by atoms with E-state index in [1.54, 1.807) is 18.2 Å². The van der Waals surface area contributed by atoms with Crippen LogP contribution in [-0.4, -0.2) is 23.0 Å². The smallest absolute Gasteiger partial charge is 0.257 e. The van der Waals surface area contributed by atoms with Gasteiger partial charge in [-0.1, -0.05) is 23.7 Å². The summed E-state index contributed by atoms with van der Waals surface area (Å²) in [6.07, 6.45) is 0. The number of nitrogens with zero attached hydrogens (tertiary/aromatic N) is 1. The van der Waals surface area contributed by atoms with E-state index in [1.165, 1.54) is 30.1 Å². The van der Waals surface area contributed by atoms with Gasteiger partial charge in [0.25, 0.3) is 5.91 Å². The van der Waals surface area contributed by atoms with Gasteiger partial charge < -0.3 is 10.0 Å². The molecule has 21 heavy (non-hydrogen) atoms. The van der Waals surface area contributed by atoms with Crippen LogP contribution in [0.15, 0.2) is 36.4 Å². The van der Waals surface area contributed by atoms with E-state index in [2.05, 4.69) is 0 Å². The lowest BCUT2D eigenvalue weighted by Crippen LogP contribution is -2.26. The third-order valence-electron chi connectivity index (χ3n) is 3.19. The highest BCUT2D eigenvalue weighted by molar-refractivity contribution is 6.31. The number of hydrogen-bond donors (Lipinski definition) is 1. The molecule has 0 saturated heterocycles. The molecule has 5 heteroatoms. The van der Waals surface area contributed by atoms with Crippen molar-refractivity contribution in [1.82, 2.24) is 4.90 Å². The number of carbonyl (C=O) groups excluding carboxylic acids is 1. The molecule has 0 fully saturated rings. The zero-order valence-electron chi connectivity index (χ0n) is 11.7. The topological polar surface area (TPSA) is 40.5 Å². The van der Waals surface area contributed by atoms with Crippen LogP contribution in [0, 0.1) is 12.7 Å². The molecule has 0 spiro atoms. The summed E-state index contributed by atoms with van der Waals surface area (Å²) in [4.78, 5) is 13.6. The van der Waals surface area contributed by atoms with Crippen molar-refractivity contribution in [2.45, 2.75) is 13.5 Å². The van der Waals surface area contributed by atoms with Crippen LogP contribution in [0.3, 0.4) is 0 Å². The number of amides is 1. The van der Waals surface area contributed by atoms with Crippen LogP contribution in [0.1, 0.15) is 21.5 Å². The Balaban J connectivity index is 2.24. The lowest BCUT2D eigenvalue weighted by atomic mass is 10.1. The van der Waals surface area contributed by atoms with E-state index in [1.807, 2.05) is 6.92 Å². The number of aromatic hydroxyl groups is 1. The Morgan fingerprint density at radius 3 is 2.67 bits per heavy atom. The summed E-state index contributed by atoms with van der Waals surface area (Å²) in [5.41, 5.74) is 1.28. The number of aryl methyl sites for hydroxylation is 1. The maximum atomic E-state index is 13.7. The predicted molar refractivity (Wildman–Crippen MR) is 80.1 cm³/mol. The van der Waals surface area contributed by atoms with E-state index in [9.17, 15) is 14.3 Å². The summed E-state index contributed by atoms with van der Waals surface area (Å²) in [5, 5.41) is 10.1. The Morgan fingerprint density at radius 2 is 2.05 bits per heavy atom. The second-order valence-electron chi connectivity index (χ2n) is 4.88. The molecule has 0 bridgehead atoms. The van der Waals surface area contributed by atoms with Gasteiger partial charge in [0.1, 0.15) is 11.6 Å². The van der Waals surface area contributed by atoms with Gasteiger partial charge in [0.2, 0.25) is 0 Å². The second-order valence-corrected chi connectivity index (χ2v) is 5.29. The Bertz CT molecular complexity index is 668. The van der Waals surface area contributed by atoms with Crippen molar-refractivity contribution < 1.29 is 14.3 Å². The zero-order chi connectivity index (χ0) is 15.6. The number of phenols is 1. The molecule has 3 nitrogen and oxygen atoms in total. The molecule has 0 aromatic heterocycles. The van der Waals surface area contributed by atoms with E-state index in [0.717, 1.165) is 5.56 Å². The highest BCUT2D eigenvalue weighted by Gasteiger charge is 2.18. The summed E-state index contributed by atoms with van der Waals surface area (Å²) in [7, 11) is 1.53. The summed E-state index contributed by atoms with van der Waals surface area (Å²) in [6, 6.07) is 9.17. The zero-order valence-corrected chi connectivity index (χ0v) is 12.5. The maximum Gasteiger partial charge on any atom is 0.257 e. The standard InChI is InChI=1S/C16H15ClFNO2/c1-10-6-7-11(15(20)8-10)16(21)19(2)9-12-13(17)4-3-5-14(12)18/h3-8,20H,9H2,1-2H3. The second kappa shape index (κ2) is 6.14. The Morgan fingerprint density at radius 1 is 1.33 bits per heavy atom. The summed E-state index contributed by atoms with van der Waals surface area (Å²) in [5.74, 6) is -0.950. The molecule has 2 aromatic carbocycles. The minimum absolute atomic E-state index is 0.0255. The van der Waals surface area contributed by atoms with Crippen molar-refractivity contribution in [1.29, 1.82) is 0 Å². The molecule has 0 atom stereocenters. The van der Waals surface area contributed by atoms with Crippen molar-refractivity contribution >= 4 is 17.5 Å². The fourth-order valence-electron chi connectivity index (χ4n) is 2.02. The molecule has 0 aliphatic carbocycles. The van der Waals surface area contributed by atoms with Crippen molar-refractivity contribution in [2.75, 3.05) is 7.05 Å². The lowest BCUT2D eigenvalue weighted by molar-refractivity contribution is 0.0781. The molecule has 1 N–H and O–H groups in total. The van der Waals surface area contributed by atoms with Crippen LogP contribution < -0.4 is 0 Å². The molecule has 110 valence electrons. The van der Waals surface area contributed by atoms with Crippen molar-refractivity contribution in [3.8, 4) is 5.75 Å². The number of rotatable bonds is 3. The lowest BCUT2D eigenvalue weighted by Gasteiger charge is -2.19. The van der Waals surface area contributed by atoms with E-state index in [4.69, 9.17) is 11.6 Å². The minimum atomic E-state index is -0.463. The van der Waals surface area contributed by atoms with Gasteiger partial charge >= 0.3 is 0 Å². The van der Waals surface area contributed by atoms with E-state index in [-0.39, 0.29) is 28.4 Å². The Labute approximate surface area is 127 Å². The van der Waals surface area contributed by atoms with E-state index < -0.39 is 11.7 Å². The van der Waals surface area contributed by atoms with Crippen molar-refractivity contribution in [3.63, 3.8) is 0 Å². The van der Waals surface area contributed by atoms with Crippen LogP contribution in [-0.2, 0) is 6.54 Å². The monoisotopic (exact) mass is 307 g/mol. The molecule has 0 radical (unpaired) electrons. The van der Waals surface area contributed by atoms with Gasteiger partial charge in [-0.3, -0.25) is 4.79 Å². The fraction of sp³-hybridized carbons (Fsp3) is 0.188. The van der Waals surface area contributed by atoms with Gasteiger partial charge in [-0.2, -0.15) is 0 Å². The van der Waals surface area contributed by atoms with Gasteiger partial charge in [0.05, 0.1) is 5.56 Å². The molecule has 2 aromatic rings. The summed E-state index contributed by atoms with van der Waals surface area (Å²) >= 11 is 5.95. The third kappa shape index (κ3) is 3.34. The van der Waals surface area contributed by atoms with Crippen LogP contribution >= 0.6 is 11.6 Å². The first kappa shape index (κ1) is 15.3. The van der Waals surface area contributed by atoms with Crippen LogP contribution in [0.2, 0.25) is 5.02 Å². The van der Waals surface area contributed by atoms with Gasteiger partial charge in [0, 0.05) is 24.2 Å². The molecule has 0 unspecified atom stereocenters. The number of carbonyl (C=O) groups is 1. The predicted octanol–water partition coefficient (Wildman–Crippen LogP) is 3.77. The van der Waals surface area contributed by atoms with Gasteiger partial charge in [-0.15, -0.1) is 0 Å². The minimum Gasteiger partial charge on any atom is -0.507 e. The van der Waals surface area contributed by atoms with Crippen molar-refractivity contribution in [3.05, 3.63) is 63.9 Å². The Kier molecular flexibility index (Phi) is 4.48. The molecule has 0 heterocycles. The first-order chi connectivity index (χ1) is 9.90. The van der Waals surface area contributed by atoms with E-state index >= 15 is 0 Å². The number of phenolic OH excluding ortho intramolecular Hbond substituents is 1. The molecule has 0 aliphatic heterocycles. The van der Waals surface area contributed by atoms with Gasteiger partial charge in [0.15, 0.2) is 0 Å². The largest absolute Gasteiger partial charge is 0.507 e. The third-order valence-corrected chi connectivity index (χ3v) is 3.54. The highest BCUT2D eigenvalue weighted by atomic mass is 35.5. The van der Waals surface area contributed by atoms with E-state index in [0.29, 0.717) is 0 Å². The summed E-state index contributed by atoms with van der Waals surface area (Å²) in [6.45, 7) is 1.84. The van der Waals surface area contributed by atoms with Gasteiger partial charge in [-0.05, 0) is 36.8 Å². The number of benzene rings is 2. The molecule has 1 amide bonds. The maximum absolute atomic E-state index is 13.7. The van der Waals surface area contributed by atoms with Crippen LogP contribution in [0.4, 0.5) is 4.39 Å². The molecule has 2 rings (SSSR count). The van der Waals surface area contributed by atoms with Crippen LogP contribution in [0.25, 0.3) is 0 Å². The normalized spacial score (nSPS) is 10.5. The number of halogens is 2. The Hall–Kier alpha value is -2.07. The SMILES string of the molecule is Cc1ccc(C(=O)N(C)Cc2c(F)cccc2Cl)c(O)c1. The first-order valence-electron chi connectivity index (χ1n) is 6.38. The average Bonchev–Trinajstić information content (AvgIpc) is 2.42. The molecular weight excluding hydrogens is 293 g/mol. The average molecular weight is 308 g/mol. The summed E-state index contributed by atoms with van der Waals surface area (Å²) < 4.78 is 13.7. The molecular formula is C16H15ClFNO2. The quantitative estimate of drug-likeness (QED) is 0.938. The van der Waals surface area contributed by atoms with Crippen molar-refractivity contribution in [2.24, 2.45) is 0 Å². The number of hydrogen-bond acceptors (Lipinski definition) is 2. The molecule has 0 aliphatic rings.